The first-order chi connectivity index (χ1) is 32.3. The second-order valence-electron chi connectivity index (χ2n) is 20.2. The first kappa shape index (κ1) is 57.2. The van der Waals surface area contributed by atoms with E-state index in [1.54, 1.807) is 41.1 Å². The molecule has 3 aliphatic heterocycles. The van der Waals surface area contributed by atoms with Gasteiger partial charge in [-0.3, -0.25) is 19.2 Å². The summed E-state index contributed by atoms with van der Waals surface area (Å²) in [7, 11) is 4.58. The zero-order valence-corrected chi connectivity index (χ0v) is 42.4. The number of ketones is 3. The van der Waals surface area contributed by atoms with Crippen molar-refractivity contribution >= 4 is 29.2 Å². The van der Waals surface area contributed by atoms with Crippen LogP contribution in [0.5, 0.6) is 0 Å². The quantitative estimate of drug-likeness (QED) is 0.134. The molecule has 15 nitrogen and oxygen atoms in total. The van der Waals surface area contributed by atoms with Gasteiger partial charge in [-0.1, -0.05) is 71.1 Å². The minimum atomic E-state index is -2.43. The summed E-state index contributed by atoms with van der Waals surface area (Å²) in [6.07, 6.45) is 12.0. The van der Waals surface area contributed by atoms with Crippen LogP contribution in [-0.2, 0) is 52.4 Å². The smallest absolute Gasteiger partial charge is 0.329 e. The van der Waals surface area contributed by atoms with Crippen molar-refractivity contribution in [3.63, 3.8) is 0 Å². The van der Waals surface area contributed by atoms with E-state index in [4.69, 9.17) is 28.4 Å². The van der Waals surface area contributed by atoms with Crippen molar-refractivity contribution in [1.82, 2.24) is 4.90 Å². The summed E-state index contributed by atoms with van der Waals surface area (Å²) in [6, 6.07) is -1.14. The fourth-order valence-electron chi connectivity index (χ4n) is 10.5. The number of aliphatic hydroxyl groups is 3. The molecule has 2 saturated heterocycles. The van der Waals surface area contributed by atoms with Crippen molar-refractivity contribution in [2.75, 3.05) is 41.1 Å². The zero-order chi connectivity index (χ0) is 50.3. The number of methoxy groups -OCH3 is 3. The van der Waals surface area contributed by atoms with Crippen LogP contribution in [0.4, 0.5) is 0 Å². The van der Waals surface area contributed by atoms with Gasteiger partial charge in [-0.2, -0.15) is 0 Å². The molecule has 0 spiro atoms. The molecule has 1 saturated carbocycles. The van der Waals surface area contributed by atoms with E-state index in [-0.39, 0.29) is 74.1 Å². The molecule has 0 aromatic rings. The number of nitrogens with zero attached hydrogens (tertiary/aromatic N) is 1. The van der Waals surface area contributed by atoms with Gasteiger partial charge < -0.3 is 48.6 Å². The van der Waals surface area contributed by atoms with Crippen molar-refractivity contribution in [2.24, 2.45) is 35.5 Å². The van der Waals surface area contributed by atoms with E-state index in [2.05, 4.69) is 0 Å². The van der Waals surface area contributed by atoms with E-state index in [1.165, 1.54) is 12.0 Å². The van der Waals surface area contributed by atoms with Gasteiger partial charge in [0.25, 0.3) is 11.7 Å². The van der Waals surface area contributed by atoms with Gasteiger partial charge in [0.05, 0.1) is 37.6 Å². The number of rotatable bonds is 9. The number of esters is 1. The Kier molecular flexibility index (Phi) is 22.9. The molecule has 15 heteroatoms. The summed E-state index contributed by atoms with van der Waals surface area (Å²) < 4.78 is 35.6. The first-order valence-electron chi connectivity index (χ1n) is 25.0. The Morgan fingerprint density at radius 2 is 1.59 bits per heavy atom. The van der Waals surface area contributed by atoms with E-state index in [9.17, 15) is 39.3 Å². The molecule has 2 bridgehead atoms. The largest absolute Gasteiger partial charge is 0.460 e. The van der Waals surface area contributed by atoms with Gasteiger partial charge in [0.1, 0.15) is 30.1 Å². The lowest BCUT2D eigenvalue weighted by molar-refractivity contribution is -0.265. The number of ether oxygens (including phenoxy) is 6. The normalized spacial score (nSPS) is 37.9. The van der Waals surface area contributed by atoms with E-state index in [0.717, 1.165) is 12.0 Å². The molecule has 3 N–H and O–H groups in total. The zero-order valence-electron chi connectivity index (χ0n) is 42.4. The van der Waals surface area contributed by atoms with Crippen molar-refractivity contribution in [3.05, 3.63) is 47.6 Å². The standard InChI is InChI=1S/C53H83NO14/c1-32-16-12-11-13-17-33(2)44(63-8)30-40-21-19-38(7)53(62,68-40)50(59)51(60)54-23-15-14-18-41(54)52(61)67-45(35(4)28-39-20-22-43(66-25-24-55)46(29-39)64-9)31-42(56)34(3)27-37(6)48(58)49(65-10)47(57)36(5)26-32/h11-13,16-17,27,32,34-36,38-41,43-46,48-49,55,58,62H,14-15,18-26,28-31H2,1-10H3/b13-11?,16-12+,33-17?,37-27+/t32?,34-,35-,36-,38-,39+,40+,41+,43-,44+,45+,46-,48-,49+,53-/m1/s1. The molecule has 0 aromatic heterocycles. The number of amides is 1. The summed E-state index contributed by atoms with van der Waals surface area (Å²) in [5.41, 5.74) is 1.26. The number of allylic oxidation sites excluding steroid dienone is 6. The summed E-state index contributed by atoms with van der Waals surface area (Å²) >= 11 is 0. The molecule has 1 amide bonds. The SMILES string of the molecule is CO[C@H]1C[C@@H]2CC[C@@H](C)[C@@](O)(O2)C(=O)C(=O)N2CCCC[C@H]2C(=O)O[C@H]([C@H](C)C[C@@H]2CC[C@@H](OCCO)[C@H](OC)C2)CC(=O)[C@H](C)/C=C(\C)[C@@H](O)[C@@H](OC)C(=O)[C@H](C)CC(C)/C=C/C=CC=C1C. The lowest BCUT2D eigenvalue weighted by Crippen LogP contribution is -2.61. The molecule has 3 heterocycles. The van der Waals surface area contributed by atoms with Gasteiger partial charge in [-0.05, 0) is 107 Å². The molecule has 3 fully saturated rings. The van der Waals surface area contributed by atoms with Gasteiger partial charge in [-0.15, -0.1) is 0 Å². The second-order valence-corrected chi connectivity index (χ2v) is 20.2. The Hall–Kier alpha value is -3.41. The molecule has 1 aliphatic carbocycles. The van der Waals surface area contributed by atoms with Gasteiger partial charge in [-0.25, -0.2) is 4.79 Å². The Balaban J connectivity index is 1.70. The van der Waals surface area contributed by atoms with Gasteiger partial charge in [0.15, 0.2) is 5.78 Å². The molecule has 384 valence electrons. The maximum Gasteiger partial charge on any atom is 0.329 e. The topological polar surface area (TPSA) is 205 Å². The first-order valence-corrected chi connectivity index (χ1v) is 25.0. The average Bonchev–Trinajstić information content (AvgIpc) is 3.32. The third kappa shape index (κ3) is 15.3. The van der Waals surface area contributed by atoms with Crippen LogP contribution in [-0.4, -0.2) is 145 Å². The Morgan fingerprint density at radius 1 is 0.853 bits per heavy atom. The Morgan fingerprint density at radius 3 is 2.26 bits per heavy atom. The molecule has 15 atom stereocenters. The lowest BCUT2D eigenvalue weighted by Gasteiger charge is -2.42. The summed E-state index contributed by atoms with van der Waals surface area (Å²) in [4.78, 5) is 72.1. The molecule has 1 unspecified atom stereocenters. The van der Waals surface area contributed by atoms with Crippen molar-refractivity contribution in [2.45, 2.75) is 180 Å². The van der Waals surface area contributed by atoms with Crippen LogP contribution in [0.25, 0.3) is 0 Å². The van der Waals surface area contributed by atoms with Crippen molar-refractivity contribution in [3.8, 4) is 0 Å². The summed E-state index contributed by atoms with van der Waals surface area (Å²) in [6.45, 7) is 12.9. The van der Waals surface area contributed by atoms with Crippen molar-refractivity contribution < 1.29 is 67.7 Å². The van der Waals surface area contributed by atoms with Crippen LogP contribution in [0.1, 0.15) is 126 Å². The molecule has 0 radical (unpaired) electrons. The second kappa shape index (κ2) is 27.3. The fraction of sp³-hybridized carbons (Fsp3) is 0.755. The van der Waals surface area contributed by atoms with Crippen LogP contribution in [0.3, 0.4) is 0 Å². The van der Waals surface area contributed by atoms with Gasteiger partial charge in [0, 0.05) is 58.5 Å². The minimum absolute atomic E-state index is 0.0158. The minimum Gasteiger partial charge on any atom is -0.460 e. The Labute approximate surface area is 405 Å². The molecule has 4 rings (SSSR count). The molecular weight excluding hydrogens is 875 g/mol. The Bertz CT molecular complexity index is 1810. The predicted octanol–water partition coefficient (Wildman–Crippen LogP) is 6.20. The third-order valence-corrected chi connectivity index (χ3v) is 14.9. The number of Topliss-reactive ketones (excluding diaryl/α,β-unsaturated/α-hetero) is 3. The highest BCUT2D eigenvalue weighted by Gasteiger charge is 2.53. The molecule has 0 aromatic carbocycles. The third-order valence-electron chi connectivity index (χ3n) is 14.9. The summed E-state index contributed by atoms with van der Waals surface area (Å²) in [5, 5.41) is 32.8. The van der Waals surface area contributed by atoms with E-state index >= 15 is 0 Å². The lowest BCUT2D eigenvalue weighted by atomic mass is 9.78. The number of cyclic esters (lactones) is 1. The van der Waals surface area contributed by atoms with E-state index < -0.39 is 77.8 Å². The number of fused-ring (bicyclic) bond motifs is 3. The molecular formula is C53H83NO14. The van der Waals surface area contributed by atoms with Gasteiger partial charge >= 0.3 is 5.97 Å². The highest BCUT2D eigenvalue weighted by Crippen LogP contribution is 2.38. The van der Waals surface area contributed by atoms with Crippen LogP contribution in [0, 0.1) is 35.5 Å². The fourth-order valence-corrected chi connectivity index (χ4v) is 10.5. The monoisotopic (exact) mass is 958 g/mol. The number of carbonyl (C=O) groups is 5. The highest BCUT2D eigenvalue weighted by atomic mass is 16.6. The number of hydrogen-bond donors (Lipinski definition) is 3. The predicted molar refractivity (Wildman–Crippen MR) is 256 cm³/mol. The van der Waals surface area contributed by atoms with E-state index in [0.29, 0.717) is 63.4 Å². The maximum absolute atomic E-state index is 14.5. The molecule has 68 heavy (non-hydrogen) atoms. The van der Waals surface area contributed by atoms with E-state index in [1.807, 2.05) is 58.1 Å². The summed E-state index contributed by atoms with van der Waals surface area (Å²) in [5.74, 6) is -7.96. The maximum atomic E-state index is 14.5. The van der Waals surface area contributed by atoms with Crippen molar-refractivity contribution in [1.29, 1.82) is 0 Å². The number of carbonyl (C=O) groups excluding carboxylic acids is 5. The number of hydrogen-bond acceptors (Lipinski definition) is 14. The molecule has 4 aliphatic rings. The van der Waals surface area contributed by atoms with Crippen LogP contribution in [0.2, 0.25) is 0 Å². The van der Waals surface area contributed by atoms with Crippen LogP contribution in [0.15, 0.2) is 47.6 Å². The van der Waals surface area contributed by atoms with Gasteiger partial charge in [0.2, 0.25) is 5.79 Å². The highest BCUT2D eigenvalue weighted by molar-refractivity contribution is 6.39. The average molecular weight is 958 g/mol. The number of aliphatic hydroxyl groups excluding tert-OH is 2. The van der Waals surface area contributed by atoms with Crippen LogP contribution >= 0.6 is 0 Å². The van der Waals surface area contributed by atoms with Crippen LogP contribution < -0.4 is 0 Å². The number of piperidine rings is 1.